The van der Waals surface area contributed by atoms with Crippen molar-refractivity contribution in [3.63, 3.8) is 0 Å². The molecule has 0 aliphatic carbocycles. The Labute approximate surface area is 261 Å². The third kappa shape index (κ3) is 6.58. The minimum absolute atomic E-state index is 0.188. The van der Waals surface area contributed by atoms with Crippen molar-refractivity contribution in [1.82, 2.24) is 14.9 Å². The molecule has 1 aromatic heterocycles. The first-order valence-electron chi connectivity index (χ1n) is 14.3. The van der Waals surface area contributed by atoms with Crippen LogP contribution in [0.25, 0.3) is 11.0 Å². The Kier molecular flexibility index (Phi) is 8.11. The number of thioether (sulfide) groups is 1. The van der Waals surface area contributed by atoms with Gasteiger partial charge in [-0.3, -0.25) is 14.9 Å². The molecule has 2 heterocycles. The smallest absolute Gasteiger partial charge is 0.286 e. The van der Waals surface area contributed by atoms with Gasteiger partial charge in [0.05, 0.1) is 11.0 Å². The topological polar surface area (TPSA) is 93.5 Å². The molecule has 43 heavy (non-hydrogen) atoms. The maximum atomic E-state index is 12.2. The van der Waals surface area contributed by atoms with E-state index < -0.39 is 4.75 Å². The van der Waals surface area contributed by atoms with E-state index in [9.17, 15) is 14.7 Å². The molecular weight excluding hydrogens is 579 g/mol. The van der Waals surface area contributed by atoms with E-state index in [2.05, 4.69) is 75.7 Å². The molecule has 1 saturated heterocycles. The summed E-state index contributed by atoms with van der Waals surface area (Å²) in [4.78, 5) is 30.8. The van der Waals surface area contributed by atoms with Crippen LogP contribution in [-0.2, 0) is 35.7 Å². The van der Waals surface area contributed by atoms with Gasteiger partial charge in [0.1, 0.15) is 28.7 Å². The highest BCUT2D eigenvalue weighted by atomic mass is 32.2. The fourth-order valence-corrected chi connectivity index (χ4v) is 7.09. The number of aryl methyl sites for hydroxylation is 1. The van der Waals surface area contributed by atoms with E-state index in [1.165, 1.54) is 0 Å². The minimum atomic E-state index is -0.796. The number of hydrogen-bond donors (Lipinski definition) is 2. The molecule has 9 heteroatoms. The number of carbonyl (C=O) groups is 2. The number of ether oxygens (including phenoxy) is 1. The number of carbonyl (C=O) groups excluding carboxylic acids is 2. The predicted molar refractivity (Wildman–Crippen MR) is 174 cm³/mol. The zero-order valence-corrected chi connectivity index (χ0v) is 27.6. The number of phenols is 1. The van der Waals surface area contributed by atoms with E-state index in [-0.39, 0.29) is 22.0 Å². The highest BCUT2D eigenvalue weighted by molar-refractivity contribution is 8.16. The number of hydrogen-bond acceptors (Lipinski definition) is 7. The van der Waals surface area contributed by atoms with Crippen molar-refractivity contribution >= 4 is 45.7 Å². The van der Waals surface area contributed by atoms with Crippen LogP contribution >= 0.6 is 23.5 Å². The van der Waals surface area contributed by atoms with Gasteiger partial charge in [-0.15, -0.1) is 0 Å². The SMILES string of the molecule is Cn1c(COc2ccc(C[C@@]3(C)SC(=O)NC3=O)cc2)nc2ccc(Sc3cc(C(C)(C)C)c(O)c(C(C)(C)C)c3)cc21. The summed E-state index contributed by atoms with van der Waals surface area (Å²) >= 11 is 2.72. The van der Waals surface area contributed by atoms with E-state index >= 15 is 0 Å². The Morgan fingerprint density at radius 2 is 1.58 bits per heavy atom. The molecule has 0 bridgehead atoms. The van der Waals surface area contributed by atoms with Gasteiger partial charge in [-0.1, -0.05) is 65.4 Å². The molecule has 1 aliphatic rings. The summed E-state index contributed by atoms with van der Waals surface area (Å²) in [7, 11) is 1.99. The number of nitrogens with zero attached hydrogens (tertiary/aromatic N) is 2. The second-order valence-corrected chi connectivity index (χ2v) is 16.0. The van der Waals surface area contributed by atoms with Crippen molar-refractivity contribution in [2.45, 2.75) is 86.9 Å². The first kappa shape index (κ1) is 31.0. The van der Waals surface area contributed by atoms with Crippen LogP contribution in [0.15, 0.2) is 64.4 Å². The average Bonchev–Trinajstić information content (AvgIpc) is 3.36. The summed E-state index contributed by atoms with van der Waals surface area (Å²) in [6, 6.07) is 18.1. The Hall–Kier alpha value is -3.43. The van der Waals surface area contributed by atoms with Crippen LogP contribution in [0, 0.1) is 0 Å². The van der Waals surface area contributed by atoms with E-state index in [4.69, 9.17) is 9.72 Å². The van der Waals surface area contributed by atoms with Crippen molar-refractivity contribution in [2.75, 3.05) is 0 Å². The molecule has 0 radical (unpaired) electrons. The number of rotatable bonds is 7. The molecule has 3 aromatic carbocycles. The molecule has 226 valence electrons. The summed E-state index contributed by atoms with van der Waals surface area (Å²) < 4.78 is 7.33. The van der Waals surface area contributed by atoms with Crippen LogP contribution in [0.1, 0.15) is 71.0 Å². The number of benzene rings is 3. The summed E-state index contributed by atoms with van der Waals surface area (Å²) in [6.45, 7) is 14.9. The van der Waals surface area contributed by atoms with E-state index in [1.807, 2.05) is 37.4 Å². The fraction of sp³-hybridized carbons (Fsp3) is 0.382. The van der Waals surface area contributed by atoms with Crippen LogP contribution in [0.3, 0.4) is 0 Å². The molecule has 0 unspecified atom stereocenters. The minimum Gasteiger partial charge on any atom is -0.507 e. The lowest BCUT2D eigenvalue weighted by atomic mass is 9.79. The van der Waals surface area contributed by atoms with Gasteiger partial charge in [-0.2, -0.15) is 0 Å². The molecule has 1 fully saturated rings. The quantitative estimate of drug-likeness (QED) is 0.218. The van der Waals surface area contributed by atoms with Crippen LogP contribution in [-0.4, -0.2) is 30.6 Å². The number of amides is 2. The number of fused-ring (bicyclic) bond motifs is 1. The molecule has 2 amide bonds. The van der Waals surface area contributed by atoms with Gasteiger partial charge in [-0.05, 0) is 84.0 Å². The highest BCUT2D eigenvalue weighted by Gasteiger charge is 2.43. The first-order chi connectivity index (χ1) is 20.0. The number of aromatic nitrogens is 2. The maximum absolute atomic E-state index is 12.2. The Morgan fingerprint density at radius 3 is 2.14 bits per heavy atom. The zero-order valence-electron chi connectivity index (χ0n) is 26.0. The zero-order chi connectivity index (χ0) is 31.3. The summed E-state index contributed by atoms with van der Waals surface area (Å²) in [5.74, 6) is 1.64. The molecular formula is C34H39N3O4S2. The van der Waals surface area contributed by atoms with Gasteiger partial charge >= 0.3 is 0 Å². The second kappa shape index (κ2) is 11.2. The van der Waals surface area contributed by atoms with Gasteiger partial charge in [0.15, 0.2) is 0 Å². The lowest BCUT2D eigenvalue weighted by Crippen LogP contribution is -2.35. The molecule has 7 nitrogen and oxygen atoms in total. The van der Waals surface area contributed by atoms with E-state index in [0.29, 0.717) is 24.5 Å². The third-order valence-electron chi connectivity index (χ3n) is 7.73. The van der Waals surface area contributed by atoms with Gasteiger partial charge in [-0.25, -0.2) is 4.98 Å². The van der Waals surface area contributed by atoms with E-state index in [0.717, 1.165) is 55.1 Å². The summed E-state index contributed by atoms with van der Waals surface area (Å²) in [5.41, 5.74) is 4.38. The monoisotopic (exact) mass is 617 g/mol. The Bertz CT molecular complexity index is 1680. The van der Waals surface area contributed by atoms with Crippen molar-refractivity contribution in [3.05, 3.63) is 77.1 Å². The van der Waals surface area contributed by atoms with Gasteiger partial charge in [0, 0.05) is 28.0 Å². The first-order valence-corrected chi connectivity index (χ1v) is 15.9. The van der Waals surface area contributed by atoms with Crippen molar-refractivity contribution in [3.8, 4) is 11.5 Å². The predicted octanol–water partition coefficient (Wildman–Crippen LogP) is 7.89. The highest BCUT2D eigenvalue weighted by Crippen LogP contribution is 2.43. The molecule has 5 rings (SSSR count). The van der Waals surface area contributed by atoms with Crippen molar-refractivity contribution < 1.29 is 19.4 Å². The Balaban J connectivity index is 1.31. The number of phenolic OH excluding ortho intramolecular Hbond substituents is 1. The van der Waals surface area contributed by atoms with Gasteiger partial charge in [0.25, 0.3) is 5.24 Å². The van der Waals surface area contributed by atoms with Crippen LogP contribution in [0.4, 0.5) is 4.79 Å². The molecule has 4 aromatic rings. The maximum Gasteiger partial charge on any atom is 0.286 e. The summed E-state index contributed by atoms with van der Waals surface area (Å²) in [6.07, 6.45) is 0.458. The summed E-state index contributed by atoms with van der Waals surface area (Å²) in [5, 5.41) is 13.2. The molecule has 0 saturated carbocycles. The number of imidazole rings is 1. The lowest BCUT2D eigenvalue weighted by Gasteiger charge is -2.28. The van der Waals surface area contributed by atoms with E-state index in [1.54, 1.807) is 18.7 Å². The lowest BCUT2D eigenvalue weighted by molar-refractivity contribution is -0.121. The molecule has 0 spiro atoms. The van der Waals surface area contributed by atoms with Crippen molar-refractivity contribution in [1.29, 1.82) is 0 Å². The van der Waals surface area contributed by atoms with Gasteiger partial charge in [0.2, 0.25) is 5.91 Å². The molecule has 1 aliphatic heterocycles. The number of aromatic hydroxyl groups is 1. The second-order valence-electron chi connectivity index (χ2n) is 13.4. The van der Waals surface area contributed by atoms with Gasteiger partial charge < -0.3 is 14.4 Å². The van der Waals surface area contributed by atoms with Crippen molar-refractivity contribution in [2.24, 2.45) is 7.05 Å². The normalized spacial score (nSPS) is 17.5. The Morgan fingerprint density at radius 1 is 0.953 bits per heavy atom. The number of imide groups is 1. The average molecular weight is 618 g/mol. The fourth-order valence-electron chi connectivity index (χ4n) is 5.22. The molecule has 1 atom stereocenters. The molecule has 2 N–H and O–H groups in total. The van der Waals surface area contributed by atoms with Crippen LogP contribution in [0.2, 0.25) is 0 Å². The van der Waals surface area contributed by atoms with Crippen LogP contribution < -0.4 is 10.1 Å². The third-order valence-corrected chi connectivity index (χ3v) is 9.76. The standard InChI is InChI=1S/C34H39N3O4S2/c1-32(2,3)24-15-23(16-25(29(24)38)33(4,5)6)42-22-13-14-26-27(17-22)37(8)28(35-26)19-41-21-11-9-20(10-12-21)18-34(7)30(39)36-31(40)43-34/h9-17,38H,18-19H2,1-8H3,(H,36,39,40)/t34-/m1/s1. The van der Waals surface area contributed by atoms with Crippen LogP contribution in [0.5, 0.6) is 11.5 Å². The number of nitrogens with one attached hydrogen (secondary N) is 1. The largest absolute Gasteiger partial charge is 0.507 e.